The van der Waals surface area contributed by atoms with Gasteiger partial charge in [0.25, 0.3) is 5.91 Å². The maximum atomic E-state index is 12.5. The second-order valence-electron chi connectivity index (χ2n) is 8.14. The largest absolute Gasteiger partial charge is 0.462 e. The van der Waals surface area contributed by atoms with Gasteiger partial charge in [0.2, 0.25) is 0 Å². The van der Waals surface area contributed by atoms with Gasteiger partial charge in [-0.2, -0.15) is 0 Å². The molecule has 2 aromatic carbocycles. The van der Waals surface area contributed by atoms with Crippen molar-refractivity contribution in [3.63, 3.8) is 0 Å². The zero-order valence-corrected chi connectivity index (χ0v) is 19.8. The van der Waals surface area contributed by atoms with Crippen LogP contribution in [0.3, 0.4) is 0 Å². The van der Waals surface area contributed by atoms with Crippen LogP contribution in [0.2, 0.25) is 0 Å². The molecule has 1 amide bonds. The van der Waals surface area contributed by atoms with Crippen LogP contribution in [-0.2, 0) is 4.74 Å². The second kappa shape index (κ2) is 11.1. The molecule has 7 heteroatoms. The van der Waals surface area contributed by atoms with E-state index in [0.717, 1.165) is 10.9 Å². The van der Waals surface area contributed by atoms with Crippen LogP contribution in [0.25, 0.3) is 0 Å². The number of piperidine rings is 2. The molecular weight excluding hydrogens is 480 g/mol. The van der Waals surface area contributed by atoms with E-state index in [0.29, 0.717) is 35.4 Å². The first-order valence-corrected chi connectivity index (χ1v) is 11.5. The third-order valence-corrected chi connectivity index (χ3v) is 6.62. The molecule has 4 rings (SSSR count). The molecule has 2 saturated heterocycles. The number of hydrogen-bond donors (Lipinski definition) is 1. The normalized spacial score (nSPS) is 20.8. The van der Waals surface area contributed by atoms with Gasteiger partial charge >= 0.3 is 5.97 Å². The number of rotatable bonds is 5. The summed E-state index contributed by atoms with van der Waals surface area (Å²) < 4.78 is 6.51. The molecule has 2 atom stereocenters. The number of carbonyl (C=O) groups is 2. The number of anilines is 1. The highest BCUT2D eigenvalue weighted by Crippen LogP contribution is 2.31. The molecule has 2 aromatic rings. The second-order valence-corrected chi connectivity index (χ2v) is 9.06. The summed E-state index contributed by atoms with van der Waals surface area (Å²) >= 11 is 3.37. The number of nitrogens with one attached hydrogen (secondary N) is 1. The zero-order valence-electron chi connectivity index (χ0n) is 17.4. The molecule has 2 aliphatic rings. The predicted molar refractivity (Wildman–Crippen MR) is 128 cm³/mol. The van der Waals surface area contributed by atoms with Gasteiger partial charge < -0.3 is 10.1 Å². The molecule has 0 bridgehead atoms. The Bertz CT molecular complexity index is 904. The maximum Gasteiger partial charge on any atom is 0.338 e. The van der Waals surface area contributed by atoms with Crippen LogP contribution in [0.5, 0.6) is 0 Å². The Kier molecular flexibility index (Phi) is 8.52. The van der Waals surface area contributed by atoms with E-state index >= 15 is 0 Å². The highest BCUT2D eigenvalue weighted by molar-refractivity contribution is 9.10. The summed E-state index contributed by atoms with van der Waals surface area (Å²) in [5, 5.41) is 2.85. The monoisotopic (exact) mass is 506 g/mol. The Hall–Kier alpha value is -1.89. The molecule has 0 radical (unpaired) electrons. The van der Waals surface area contributed by atoms with E-state index in [9.17, 15) is 9.59 Å². The molecular formula is C24H28BrClN2O3. The lowest BCUT2D eigenvalue weighted by molar-refractivity contribution is 0.00739. The summed E-state index contributed by atoms with van der Waals surface area (Å²) in [5.41, 5.74) is 1.71. The van der Waals surface area contributed by atoms with Gasteiger partial charge in [-0.25, -0.2) is 4.79 Å². The fraction of sp³-hybridized carbons (Fsp3) is 0.417. The minimum atomic E-state index is -0.298. The summed E-state index contributed by atoms with van der Waals surface area (Å²) in [5.74, 6) is -0.0551. The molecule has 2 aliphatic heterocycles. The summed E-state index contributed by atoms with van der Waals surface area (Å²) in [4.78, 5) is 27.4. The van der Waals surface area contributed by atoms with Crippen molar-refractivity contribution in [1.29, 1.82) is 0 Å². The highest BCUT2D eigenvalue weighted by Gasteiger charge is 2.33. The maximum absolute atomic E-state index is 12.5. The number of amides is 1. The van der Waals surface area contributed by atoms with Gasteiger partial charge in [-0.05, 0) is 81.2 Å². The highest BCUT2D eigenvalue weighted by atomic mass is 79.9. The van der Waals surface area contributed by atoms with Crippen molar-refractivity contribution in [1.82, 2.24) is 4.90 Å². The number of halogens is 2. The minimum absolute atomic E-state index is 0. The number of nitrogens with zero attached hydrogens (tertiary/aromatic N) is 1. The summed E-state index contributed by atoms with van der Waals surface area (Å²) in [7, 11) is 0. The van der Waals surface area contributed by atoms with E-state index in [1.807, 2.05) is 12.1 Å². The van der Waals surface area contributed by atoms with E-state index in [2.05, 4.69) is 26.1 Å². The third kappa shape index (κ3) is 6.09. The first-order valence-electron chi connectivity index (χ1n) is 10.7. The van der Waals surface area contributed by atoms with E-state index in [1.54, 1.807) is 36.4 Å². The Morgan fingerprint density at radius 1 is 1.00 bits per heavy atom. The summed E-state index contributed by atoms with van der Waals surface area (Å²) in [6.07, 6.45) is 6.10. The molecule has 166 valence electrons. The molecule has 0 unspecified atom stereocenters. The zero-order chi connectivity index (χ0) is 20.9. The van der Waals surface area contributed by atoms with Gasteiger partial charge in [-0.3, -0.25) is 9.69 Å². The molecule has 0 spiro atoms. The Balaban J connectivity index is 0.00000272. The van der Waals surface area contributed by atoms with Crippen LogP contribution >= 0.6 is 28.3 Å². The third-order valence-electron chi connectivity index (χ3n) is 6.12. The van der Waals surface area contributed by atoms with E-state index in [-0.39, 0.29) is 24.3 Å². The smallest absolute Gasteiger partial charge is 0.338 e. The molecule has 2 heterocycles. The van der Waals surface area contributed by atoms with Gasteiger partial charge in [0, 0.05) is 27.7 Å². The van der Waals surface area contributed by atoms with Crippen LogP contribution in [0.1, 0.15) is 52.8 Å². The van der Waals surface area contributed by atoms with E-state index < -0.39 is 0 Å². The SMILES string of the molecule is Cl.O=C(Nc1ccc(C(=O)OC[C@@H]2CCCN3CCCC[C@H]23)cc1)c1cccc(Br)c1. The topological polar surface area (TPSA) is 58.6 Å². The molecule has 31 heavy (non-hydrogen) atoms. The van der Waals surface area contributed by atoms with Crippen molar-refractivity contribution in [2.45, 2.75) is 38.1 Å². The van der Waals surface area contributed by atoms with Crippen LogP contribution in [0.15, 0.2) is 53.0 Å². The van der Waals surface area contributed by atoms with E-state index in [1.165, 1.54) is 38.8 Å². The fourth-order valence-electron chi connectivity index (χ4n) is 4.56. The van der Waals surface area contributed by atoms with Gasteiger partial charge in [-0.15, -0.1) is 12.4 Å². The van der Waals surface area contributed by atoms with Crippen molar-refractivity contribution >= 4 is 45.9 Å². The van der Waals surface area contributed by atoms with Gasteiger partial charge in [0.15, 0.2) is 0 Å². The lowest BCUT2D eigenvalue weighted by Crippen LogP contribution is -2.49. The van der Waals surface area contributed by atoms with Crippen LogP contribution < -0.4 is 5.32 Å². The molecule has 0 saturated carbocycles. The van der Waals surface area contributed by atoms with Crippen molar-refractivity contribution < 1.29 is 14.3 Å². The molecule has 1 N–H and O–H groups in total. The minimum Gasteiger partial charge on any atom is -0.462 e. The predicted octanol–water partition coefficient (Wildman–Crippen LogP) is 5.54. The van der Waals surface area contributed by atoms with E-state index in [4.69, 9.17) is 4.74 Å². The van der Waals surface area contributed by atoms with Crippen LogP contribution in [-0.4, -0.2) is 42.5 Å². The lowest BCUT2D eigenvalue weighted by Gasteiger charge is -2.44. The van der Waals surface area contributed by atoms with Crippen molar-refractivity contribution in [3.05, 3.63) is 64.1 Å². The molecule has 0 aromatic heterocycles. The average Bonchev–Trinajstić information content (AvgIpc) is 2.78. The Labute approximate surface area is 198 Å². The Morgan fingerprint density at radius 3 is 2.55 bits per heavy atom. The van der Waals surface area contributed by atoms with Crippen molar-refractivity contribution in [3.8, 4) is 0 Å². The Morgan fingerprint density at radius 2 is 1.77 bits per heavy atom. The number of esters is 1. The average molecular weight is 508 g/mol. The molecule has 2 fully saturated rings. The van der Waals surface area contributed by atoms with Crippen molar-refractivity contribution in [2.75, 3.05) is 25.0 Å². The number of fused-ring (bicyclic) bond motifs is 1. The molecule has 5 nitrogen and oxygen atoms in total. The van der Waals surface area contributed by atoms with Crippen LogP contribution in [0, 0.1) is 5.92 Å². The molecule has 0 aliphatic carbocycles. The lowest BCUT2D eigenvalue weighted by atomic mass is 9.84. The van der Waals surface area contributed by atoms with Gasteiger partial charge in [-0.1, -0.05) is 28.4 Å². The number of carbonyl (C=O) groups excluding carboxylic acids is 2. The summed E-state index contributed by atoms with van der Waals surface area (Å²) in [6, 6.07) is 14.6. The fourth-order valence-corrected chi connectivity index (χ4v) is 4.96. The standard InChI is InChI=1S/C24H27BrN2O3.ClH/c25-20-7-3-5-18(15-20)23(28)26-21-11-9-17(10-12-21)24(29)30-16-19-6-4-14-27-13-2-1-8-22(19)27;/h3,5,7,9-12,15,19,22H,1-2,4,6,8,13-14,16H2,(H,26,28);1H/t19-,22+;/m0./s1. The number of hydrogen-bond acceptors (Lipinski definition) is 4. The first-order chi connectivity index (χ1) is 14.6. The van der Waals surface area contributed by atoms with Gasteiger partial charge in [0.1, 0.15) is 0 Å². The quantitative estimate of drug-likeness (QED) is 0.540. The van der Waals surface area contributed by atoms with Gasteiger partial charge in [0.05, 0.1) is 12.2 Å². The van der Waals surface area contributed by atoms with Crippen molar-refractivity contribution in [2.24, 2.45) is 5.92 Å². The number of ether oxygens (including phenoxy) is 1. The van der Waals surface area contributed by atoms with Crippen LogP contribution in [0.4, 0.5) is 5.69 Å². The summed E-state index contributed by atoms with van der Waals surface area (Å²) in [6.45, 7) is 2.85. The number of benzene rings is 2. The first kappa shape index (κ1) is 23.8.